The maximum atomic E-state index is 13.2. The van der Waals surface area contributed by atoms with E-state index in [1.54, 1.807) is 17.9 Å². The summed E-state index contributed by atoms with van der Waals surface area (Å²) in [5.74, 6) is -1.04. The molecule has 3 atom stereocenters. The number of aromatic nitrogens is 1. The fourth-order valence-electron chi connectivity index (χ4n) is 3.43. The van der Waals surface area contributed by atoms with Crippen molar-refractivity contribution in [2.75, 3.05) is 26.7 Å². The zero-order valence-corrected chi connectivity index (χ0v) is 20.3. The Morgan fingerprint density at radius 3 is 2.66 bits per heavy atom. The molecule has 11 heteroatoms. The van der Waals surface area contributed by atoms with E-state index in [9.17, 15) is 22.7 Å². The Kier molecular flexibility index (Phi) is 7.53. The normalized spacial score (nSPS) is 20.3. The first kappa shape index (κ1) is 24.6. The maximum absolute atomic E-state index is 13.2. The molecule has 2 aromatic rings. The van der Waals surface area contributed by atoms with Crippen LogP contribution in [0.5, 0.6) is 5.88 Å². The molecule has 0 spiro atoms. The average Bonchev–Trinajstić information content (AvgIpc) is 2.76. The van der Waals surface area contributed by atoms with E-state index >= 15 is 0 Å². The Morgan fingerprint density at radius 2 is 2.03 bits per heavy atom. The van der Waals surface area contributed by atoms with Crippen LogP contribution in [0, 0.1) is 11.7 Å². The van der Waals surface area contributed by atoms with Gasteiger partial charge in [0.2, 0.25) is 15.9 Å². The van der Waals surface area contributed by atoms with Crippen molar-refractivity contribution in [1.29, 1.82) is 0 Å². The van der Waals surface area contributed by atoms with E-state index in [2.05, 4.69) is 20.9 Å². The molecule has 8 nitrogen and oxygen atoms in total. The number of halogens is 2. The molecule has 1 N–H and O–H groups in total. The van der Waals surface area contributed by atoms with Gasteiger partial charge in [-0.25, -0.2) is 17.8 Å². The molecule has 1 aromatic heterocycles. The van der Waals surface area contributed by atoms with Gasteiger partial charge in [-0.1, -0.05) is 6.92 Å². The molecule has 1 aliphatic heterocycles. The quantitative estimate of drug-likeness (QED) is 0.617. The largest absolute Gasteiger partial charge is 0.472 e. The van der Waals surface area contributed by atoms with Crippen LogP contribution in [0.1, 0.15) is 24.2 Å². The number of aliphatic hydroxyl groups excluding tert-OH is 1. The first-order valence-electron chi connectivity index (χ1n) is 10.0. The number of ether oxygens (including phenoxy) is 1. The average molecular weight is 530 g/mol. The highest BCUT2D eigenvalue weighted by molar-refractivity contribution is 9.10. The Balaban J connectivity index is 1.94. The Labute approximate surface area is 195 Å². The molecule has 0 bridgehead atoms. The third kappa shape index (κ3) is 5.11. The summed E-state index contributed by atoms with van der Waals surface area (Å²) in [5.41, 5.74) is 0.223. The van der Waals surface area contributed by atoms with Gasteiger partial charge in [-0.15, -0.1) is 0 Å². The van der Waals surface area contributed by atoms with Gasteiger partial charge in [0, 0.05) is 30.2 Å². The second-order valence-corrected chi connectivity index (χ2v) is 10.8. The summed E-state index contributed by atoms with van der Waals surface area (Å²) in [6.45, 7) is 3.59. The van der Waals surface area contributed by atoms with Crippen molar-refractivity contribution in [2.45, 2.75) is 30.9 Å². The lowest BCUT2D eigenvalue weighted by atomic mass is 10.0. The van der Waals surface area contributed by atoms with E-state index in [0.717, 1.165) is 16.4 Å². The van der Waals surface area contributed by atoms with Crippen molar-refractivity contribution in [1.82, 2.24) is 14.2 Å². The SMILES string of the molecule is C[C@H]1CN([C@@H](C)CO)C(=O)c2cc(Br)cnc2O[C@@H]1CN(C)S(=O)(=O)c1ccc(F)cc1. The number of fused-ring (bicyclic) bond motifs is 1. The van der Waals surface area contributed by atoms with Crippen LogP contribution >= 0.6 is 15.9 Å². The standard InChI is InChI=1S/C21H25BrFN3O5S/c1-13-10-26(14(2)12-27)21(28)18-8-15(22)9-24-20(18)31-19(13)11-25(3)32(29,30)17-6-4-16(23)5-7-17/h4-9,13-14,19,27H,10-12H2,1-3H3/t13-,14-,19+/m0/s1. The number of rotatable bonds is 6. The van der Waals surface area contributed by atoms with Crippen LogP contribution in [-0.4, -0.2) is 72.5 Å². The van der Waals surface area contributed by atoms with Crippen LogP contribution in [0.25, 0.3) is 0 Å². The molecule has 0 fully saturated rings. The summed E-state index contributed by atoms with van der Waals surface area (Å²) < 4.78 is 46.9. The molecule has 174 valence electrons. The summed E-state index contributed by atoms with van der Waals surface area (Å²) in [6, 6.07) is 5.74. The Hall–Kier alpha value is -2.08. The van der Waals surface area contributed by atoms with E-state index in [4.69, 9.17) is 4.74 Å². The molecule has 1 amide bonds. The minimum atomic E-state index is -3.89. The van der Waals surface area contributed by atoms with Crippen molar-refractivity contribution in [3.05, 3.63) is 52.4 Å². The van der Waals surface area contributed by atoms with Gasteiger partial charge in [-0.3, -0.25) is 4.79 Å². The van der Waals surface area contributed by atoms with Gasteiger partial charge in [-0.05, 0) is 53.2 Å². The molecule has 32 heavy (non-hydrogen) atoms. The van der Waals surface area contributed by atoms with Gasteiger partial charge in [0.1, 0.15) is 17.5 Å². The zero-order chi connectivity index (χ0) is 23.6. The van der Waals surface area contributed by atoms with Gasteiger partial charge in [0.25, 0.3) is 5.91 Å². The van der Waals surface area contributed by atoms with E-state index in [0.29, 0.717) is 4.47 Å². The lowest BCUT2D eigenvalue weighted by molar-refractivity contribution is 0.0373. The highest BCUT2D eigenvalue weighted by Gasteiger charge is 2.35. The van der Waals surface area contributed by atoms with Crippen molar-refractivity contribution in [2.24, 2.45) is 5.92 Å². The molecule has 1 aromatic carbocycles. The lowest BCUT2D eigenvalue weighted by Gasteiger charge is -2.37. The fraction of sp³-hybridized carbons (Fsp3) is 0.429. The minimum Gasteiger partial charge on any atom is -0.472 e. The zero-order valence-electron chi connectivity index (χ0n) is 17.9. The number of likely N-dealkylation sites (N-methyl/N-ethyl adjacent to an activating group) is 1. The van der Waals surface area contributed by atoms with Crippen molar-refractivity contribution in [3.63, 3.8) is 0 Å². The molecule has 0 saturated heterocycles. The molecule has 3 rings (SSSR count). The summed E-state index contributed by atoms with van der Waals surface area (Å²) in [5, 5.41) is 9.66. The summed E-state index contributed by atoms with van der Waals surface area (Å²) >= 11 is 3.31. The number of carbonyl (C=O) groups excluding carboxylic acids is 1. The van der Waals surface area contributed by atoms with Crippen LogP contribution in [0.15, 0.2) is 45.9 Å². The van der Waals surface area contributed by atoms with Gasteiger partial charge < -0.3 is 14.7 Å². The van der Waals surface area contributed by atoms with Crippen LogP contribution in [0.3, 0.4) is 0 Å². The number of pyridine rings is 1. The van der Waals surface area contributed by atoms with E-state index in [1.165, 1.54) is 25.4 Å². The van der Waals surface area contributed by atoms with Crippen molar-refractivity contribution >= 4 is 31.9 Å². The minimum absolute atomic E-state index is 0.0202. The van der Waals surface area contributed by atoms with E-state index in [-0.39, 0.29) is 47.9 Å². The van der Waals surface area contributed by atoms with Crippen LogP contribution in [0.4, 0.5) is 4.39 Å². The molecule has 0 aliphatic carbocycles. The molecule has 0 unspecified atom stereocenters. The van der Waals surface area contributed by atoms with E-state index in [1.807, 2.05) is 6.92 Å². The molecule has 2 heterocycles. The third-order valence-electron chi connectivity index (χ3n) is 5.45. The Morgan fingerprint density at radius 1 is 1.38 bits per heavy atom. The first-order valence-corrected chi connectivity index (χ1v) is 12.2. The van der Waals surface area contributed by atoms with Crippen LogP contribution in [-0.2, 0) is 10.0 Å². The number of aliphatic hydroxyl groups is 1. The maximum Gasteiger partial charge on any atom is 0.259 e. The first-order chi connectivity index (χ1) is 15.0. The summed E-state index contributed by atoms with van der Waals surface area (Å²) in [4.78, 5) is 18.9. The monoisotopic (exact) mass is 529 g/mol. The molecular weight excluding hydrogens is 505 g/mol. The van der Waals surface area contributed by atoms with Crippen LogP contribution < -0.4 is 4.74 Å². The highest BCUT2D eigenvalue weighted by atomic mass is 79.9. The summed E-state index contributed by atoms with van der Waals surface area (Å²) in [7, 11) is -2.47. The highest BCUT2D eigenvalue weighted by Crippen LogP contribution is 2.29. The van der Waals surface area contributed by atoms with Gasteiger partial charge in [-0.2, -0.15) is 4.31 Å². The third-order valence-corrected chi connectivity index (χ3v) is 7.72. The number of hydrogen-bond acceptors (Lipinski definition) is 6. The van der Waals surface area contributed by atoms with E-state index < -0.39 is 28.0 Å². The topological polar surface area (TPSA) is 100 Å². The number of hydrogen-bond donors (Lipinski definition) is 1. The van der Waals surface area contributed by atoms with Crippen molar-refractivity contribution < 1.29 is 27.4 Å². The predicted molar refractivity (Wildman–Crippen MR) is 119 cm³/mol. The van der Waals surface area contributed by atoms with Gasteiger partial charge in [0.15, 0.2) is 0 Å². The molecule has 0 radical (unpaired) electrons. The van der Waals surface area contributed by atoms with Gasteiger partial charge in [0.05, 0.1) is 24.1 Å². The fourth-order valence-corrected chi connectivity index (χ4v) is 4.95. The molecule has 0 saturated carbocycles. The second kappa shape index (κ2) is 9.82. The second-order valence-electron chi connectivity index (χ2n) is 7.87. The predicted octanol–water partition coefficient (Wildman–Crippen LogP) is 2.52. The van der Waals surface area contributed by atoms with Crippen LogP contribution in [0.2, 0.25) is 0 Å². The number of amides is 1. The van der Waals surface area contributed by atoms with Crippen molar-refractivity contribution in [3.8, 4) is 5.88 Å². The smallest absolute Gasteiger partial charge is 0.259 e. The number of benzene rings is 1. The molecule has 1 aliphatic rings. The lowest BCUT2D eigenvalue weighted by Crippen LogP contribution is -2.50. The Bertz CT molecular complexity index is 1080. The molecular formula is C21H25BrFN3O5S. The number of sulfonamides is 1. The van der Waals surface area contributed by atoms with Gasteiger partial charge >= 0.3 is 0 Å². The number of carbonyl (C=O) groups is 1. The number of nitrogens with zero attached hydrogens (tertiary/aromatic N) is 3. The summed E-state index contributed by atoms with van der Waals surface area (Å²) in [6.07, 6.45) is 0.859.